The zero-order valence-electron chi connectivity index (χ0n) is 7.13. The molecule has 1 unspecified atom stereocenters. The van der Waals surface area contributed by atoms with Gasteiger partial charge in [-0.2, -0.15) is 0 Å². The summed E-state index contributed by atoms with van der Waals surface area (Å²) in [4.78, 5) is 3.95. The van der Waals surface area contributed by atoms with Gasteiger partial charge in [0.1, 0.15) is 0 Å². The Balaban J connectivity index is 2.89. The van der Waals surface area contributed by atoms with Crippen molar-refractivity contribution < 1.29 is 4.39 Å². The van der Waals surface area contributed by atoms with Crippen LogP contribution in [-0.2, 0) is 5.67 Å². The second kappa shape index (κ2) is 3.48. The number of allylic oxidation sites excluding steroid dienone is 1. The molecule has 0 saturated heterocycles. The van der Waals surface area contributed by atoms with Gasteiger partial charge in [-0.3, -0.25) is 4.98 Å². The fourth-order valence-electron chi connectivity index (χ4n) is 1.05. The predicted molar refractivity (Wildman–Crippen MR) is 47.5 cm³/mol. The lowest BCUT2D eigenvalue weighted by molar-refractivity contribution is 0.190. The largest absolute Gasteiger partial charge is 0.258 e. The second-order valence-corrected chi connectivity index (χ2v) is 2.91. The fraction of sp³-hybridized carbons (Fsp3) is 0.300. The van der Waals surface area contributed by atoms with Gasteiger partial charge in [0.15, 0.2) is 5.67 Å². The minimum Gasteiger partial charge on any atom is -0.258 e. The van der Waals surface area contributed by atoms with Crippen LogP contribution in [0.5, 0.6) is 0 Å². The lowest BCUT2D eigenvalue weighted by atomic mass is 10.00. The Morgan fingerprint density at radius 3 is 2.92 bits per heavy atom. The van der Waals surface area contributed by atoms with E-state index in [1.807, 2.05) is 0 Å². The van der Waals surface area contributed by atoms with Crippen molar-refractivity contribution >= 4 is 0 Å². The van der Waals surface area contributed by atoms with Gasteiger partial charge >= 0.3 is 0 Å². The monoisotopic (exact) mass is 165 g/mol. The van der Waals surface area contributed by atoms with Crippen LogP contribution in [-0.4, -0.2) is 4.98 Å². The summed E-state index contributed by atoms with van der Waals surface area (Å²) in [6.45, 7) is 5.01. The van der Waals surface area contributed by atoms with Crippen LogP contribution in [0.3, 0.4) is 0 Å². The minimum atomic E-state index is -1.39. The zero-order chi connectivity index (χ0) is 9.03. The third kappa shape index (κ3) is 1.91. The predicted octanol–water partition coefficient (Wildman–Crippen LogP) is 2.84. The molecule has 0 saturated carbocycles. The molecule has 0 aromatic carbocycles. The highest BCUT2D eigenvalue weighted by atomic mass is 19.1. The zero-order valence-corrected chi connectivity index (χ0v) is 7.13. The molecule has 1 nitrogen and oxygen atoms in total. The summed E-state index contributed by atoms with van der Waals surface area (Å²) in [7, 11) is 0. The summed E-state index contributed by atoms with van der Waals surface area (Å²) >= 11 is 0. The number of halogens is 1. The average Bonchev–Trinajstić information content (AvgIpc) is 2.06. The van der Waals surface area contributed by atoms with Gasteiger partial charge in [0, 0.05) is 12.6 Å². The van der Waals surface area contributed by atoms with E-state index in [9.17, 15) is 4.39 Å². The third-order valence-electron chi connectivity index (χ3n) is 1.73. The topological polar surface area (TPSA) is 12.9 Å². The molecule has 1 rings (SSSR count). The molecule has 0 radical (unpaired) electrons. The summed E-state index contributed by atoms with van der Waals surface area (Å²) in [5, 5.41) is 0. The van der Waals surface area contributed by atoms with Gasteiger partial charge in [0.25, 0.3) is 0 Å². The normalized spacial score (nSPS) is 15.2. The number of pyridine rings is 1. The Bertz CT molecular complexity index is 254. The molecular formula is C10H12FN. The second-order valence-electron chi connectivity index (χ2n) is 2.91. The van der Waals surface area contributed by atoms with Gasteiger partial charge in [0.05, 0.1) is 5.69 Å². The molecule has 0 amide bonds. The van der Waals surface area contributed by atoms with Gasteiger partial charge < -0.3 is 0 Å². The van der Waals surface area contributed by atoms with Gasteiger partial charge in [-0.25, -0.2) is 4.39 Å². The Kier molecular flexibility index (Phi) is 2.58. The SMILES string of the molecule is C=CCC(C)(F)c1ccccn1. The minimum absolute atomic E-state index is 0.296. The van der Waals surface area contributed by atoms with Crippen molar-refractivity contribution in [3.63, 3.8) is 0 Å². The third-order valence-corrected chi connectivity index (χ3v) is 1.73. The summed E-state index contributed by atoms with van der Waals surface area (Å²) in [5.41, 5.74) is -0.923. The summed E-state index contributed by atoms with van der Waals surface area (Å²) in [6, 6.07) is 5.24. The molecule has 12 heavy (non-hydrogen) atoms. The van der Waals surface area contributed by atoms with E-state index in [4.69, 9.17) is 0 Å². The standard InChI is InChI=1S/C10H12FN/c1-3-7-10(2,11)9-6-4-5-8-12-9/h3-6,8H,1,7H2,2H3. The van der Waals surface area contributed by atoms with Crippen LogP contribution >= 0.6 is 0 Å². The molecule has 0 fully saturated rings. The van der Waals surface area contributed by atoms with Crippen molar-refractivity contribution in [2.24, 2.45) is 0 Å². The molecule has 0 aliphatic heterocycles. The molecular weight excluding hydrogens is 153 g/mol. The number of rotatable bonds is 3. The van der Waals surface area contributed by atoms with Gasteiger partial charge in [0.2, 0.25) is 0 Å². The Labute approximate surface area is 72.0 Å². The van der Waals surface area contributed by atoms with E-state index >= 15 is 0 Å². The van der Waals surface area contributed by atoms with E-state index < -0.39 is 5.67 Å². The van der Waals surface area contributed by atoms with Crippen LogP contribution in [0.1, 0.15) is 19.0 Å². The van der Waals surface area contributed by atoms with Crippen molar-refractivity contribution in [3.05, 3.63) is 42.7 Å². The van der Waals surface area contributed by atoms with Crippen LogP contribution in [0.4, 0.5) is 4.39 Å². The number of hydrogen-bond acceptors (Lipinski definition) is 1. The molecule has 2 heteroatoms. The smallest absolute Gasteiger partial charge is 0.153 e. The first-order chi connectivity index (χ1) is 5.67. The Morgan fingerprint density at radius 1 is 1.67 bits per heavy atom. The van der Waals surface area contributed by atoms with E-state index in [1.165, 1.54) is 6.92 Å². The first kappa shape index (κ1) is 8.91. The number of nitrogens with zero attached hydrogens (tertiary/aromatic N) is 1. The highest BCUT2D eigenvalue weighted by molar-refractivity contribution is 5.12. The summed E-state index contributed by atoms with van der Waals surface area (Å²) in [6.07, 6.45) is 3.45. The first-order valence-electron chi connectivity index (χ1n) is 3.88. The van der Waals surface area contributed by atoms with E-state index in [-0.39, 0.29) is 0 Å². The maximum absolute atomic E-state index is 13.7. The van der Waals surface area contributed by atoms with Gasteiger partial charge in [-0.05, 0) is 19.1 Å². The molecule has 0 aliphatic carbocycles. The summed E-state index contributed by atoms with van der Waals surface area (Å²) < 4.78 is 13.7. The molecule has 1 heterocycles. The molecule has 1 atom stereocenters. The van der Waals surface area contributed by atoms with Crippen molar-refractivity contribution in [1.29, 1.82) is 0 Å². The van der Waals surface area contributed by atoms with Gasteiger partial charge in [-0.15, -0.1) is 6.58 Å². The van der Waals surface area contributed by atoms with E-state index in [0.29, 0.717) is 12.1 Å². The molecule has 1 aromatic heterocycles. The van der Waals surface area contributed by atoms with Crippen LogP contribution in [0.25, 0.3) is 0 Å². The molecule has 0 aliphatic rings. The van der Waals surface area contributed by atoms with Gasteiger partial charge in [-0.1, -0.05) is 12.1 Å². The van der Waals surface area contributed by atoms with E-state index in [1.54, 1.807) is 30.5 Å². The molecule has 0 bridgehead atoms. The maximum atomic E-state index is 13.7. The van der Waals surface area contributed by atoms with Crippen LogP contribution in [0.2, 0.25) is 0 Å². The maximum Gasteiger partial charge on any atom is 0.153 e. The van der Waals surface area contributed by atoms with Crippen molar-refractivity contribution in [2.45, 2.75) is 19.0 Å². The molecule has 1 aromatic rings. The lowest BCUT2D eigenvalue weighted by Crippen LogP contribution is -2.15. The van der Waals surface area contributed by atoms with Crippen molar-refractivity contribution in [2.75, 3.05) is 0 Å². The first-order valence-corrected chi connectivity index (χ1v) is 3.88. The lowest BCUT2D eigenvalue weighted by Gasteiger charge is -2.16. The van der Waals surface area contributed by atoms with Crippen LogP contribution in [0, 0.1) is 0 Å². The van der Waals surface area contributed by atoms with E-state index in [2.05, 4.69) is 11.6 Å². The Morgan fingerprint density at radius 2 is 2.42 bits per heavy atom. The van der Waals surface area contributed by atoms with Crippen LogP contribution in [0.15, 0.2) is 37.1 Å². The highest BCUT2D eigenvalue weighted by Gasteiger charge is 2.24. The highest BCUT2D eigenvalue weighted by Crippen LogP contribution is 2.27. The molecule has 64 valence electrons. The molecule has 0 spiro atoms. The van der Waals surface area contributed by atoms with E-state index in [0.717, 1.165) is 0 Å². The number of alkyl halides is 1. The summed E-state index contributed by atoms with van der Waals surface area (Å²) in [5.74, 6) is 0. The van der Waals surface area contributed by atoms with Crippen molar-refractivity contribution in [1.82, 2.24) is 4.98 Å². The number of aromatic nitrogens is 1. The fourth-order valence-corrected chi connectivity index (χ4v) is 1.05. The molecule has 0 N–H and O–H groups in total. The van der Waals surface area contributed by atoms with Crippen LogP contribution < -0.4 is 0 Å². The Hall–Kier alpha value is -1.18. The number of hydrogen-bond donors (Lipinski definition) is 0. The van der Waals surface area contributed by atoms with Crippen molar-refractivity contribution in [3.8, 4) is 0 Å². The average molecular weight is 165 g/mol. The quantitative estimate of drug-likeness (QED) is 0.627.